The summed E-state index contributed by atoms with van der Waals surface area (Å²) < 4.78 is 22.6. The molecule has 0 atom stereocenters. The van der Waals surface area contributed by atoms with E-state index >= 15 is 0 Å². The quantitative estimate of drug-likeness (QED) is 0.650. The van der Waals surface area contributed by atoms with Crippen LogP contribution >= 0.6 is 11.8 Å². The van der Waals surface area contributed by atoms with Gasteiger partial charge in [-0.15, -0.1) is 11.8 Å². The minimum atomic E-state index is -2.87. The summed E-state index contributed by atoms with van der Waals surface area (Å²) in [6, 6.07) is 5.82. The van der Waals surface area contributed by atoms with Gasteiger partial charge >= 0.3 is 0 Å². The van der Waals surface area contributed by atoms with Crippen molar-refractivity contribution >= 4 is 27.3 Å². The first kappa shape index (κ1) is 13.4. The highest BCUT2D eigenvalue weighted by atomic mass is 32.2. The molecule has 0 aliphatic rings. The Morgan fingerprint density at radius 1 is 1.38 bits per heavy atom. The summed E-state index contributed by atoms with van der Waals surface area (Å²) in [6.07, 6.45) is 0. The van der Waals surface area contributed by atoms with Gasteiger partial charge in [0.25, 0.3) is 0 Å². The first-order valence-electron chi connectivity index (χ1n) is 5.14. The number of hydrogen-bond donors (Lipinski definition) is 1. The van der Waals surface area contributed by atoms with E-state index in [-0.39, 0.29) is 11.5 Å². The lowest BCUT2D eigenvalue weighted by Crippen LogP contribution is -2.10. The summed E-state index contributed by atoms with van der Waals surface area (Å²) in [7, 11) is -2.87. The fourth-order valence-electron chi connectivity index (χ4n) is 1.22. The Morgan fingerprint density at radius 3 is 2.62 bits per heavy atom. The lowest BCUT2D eigenvalue weighted by atomic mass is 10.2. The molecular formula is C11H17NO2S2. The molecule has 0 bridgehead atoms. The minimum absolute atomic E-state index is 0.205. The van der Waals surface area contributed by atoms with Gasteiger partial charge in [0.05, 0.1) is 5.75 Å². The van der Waals surface area contributed by atoms with Crippen molar-refractivity contribution in [1.29, 1.82) is 0 Å². The van der Waals surface area contributed by atoms with E-state index in [0.29, 0.717) is 5.75 Å². The Labute approximate surface area is 101 Å². The highest BCUT2D eigenvalue weighted by molar-refractivity contribution is 8.00. The average molecular weight is 259 g/mol. The van der Waals surface area contributed by atoms with Crippen molar-refractivity contribution in [2.24, 2.45) is 0 Å². The van der Waals surface area contributed by atoms with Gasteiger partial charge in [0, 0.05) is 22.1 Å². The molecule has 16 heavy (non-hydrogen) atoms. The molecule has 0 unspecified atom stereocenters. The molecule has 0 radical (unpaired) electrons. The summed E-state index contributed by atoms with van der Waals surface area (Å²) in [5, 5.41) is 0. The Balaban J connectivity index is 2.56. The zero-order chi connectivity index (χ0) is 12.2. The zero-order valence-electron chi connectivity index (χ0n) is 9.56. The minimum Gasteiger partial charge on any atom is -0.398 e. The van der Waals surface area contributed by atoms with Crippen molar-refractivity contribution in [1.82, 2.24) is 0 Å². The molecule has 0 aromatic heterocycles. The Morgan fingerprint density at radius 2 is 2.06 bits per heavy atom. The summed E-state index contributed by atoms with van der Waals surface area (Å²) >= 11 is 1.49. The summed E-state index contributed by atoms with van der Waals surface area (Å²) in [4.78, 5) is 0.955. The predicted octanol–water partition coefficient (Wildman–Crippen LogP) is 2.10. The van der Waals surface area contributed by atoms with Crippen molar-refractivity contribution in [2.45, 2.75) is 18.7 Å². The van der Waals surface area contributed by atoms with Crippen LogP contribution in [0.1, 0.15) is 12.5 Å². The maximum atomic E-state index is 11.3. The monoisotopic (exact) mass is 259 g/mol. The van der Waals surface area contributed by atoms with Gasteiger partial charge in [0.15, 0.2) is 9.84 Å². The standard InChI is InChI=1S/C11H17NO2S2/c1-3-16(13,14)7-6-15-11-5-4-9(2)8-10(11)12/h4-5,8H,3,6-7,12H2,1-2H3. The second-order valence-electron chi connectivity index (χ2n) is 3.63. The number of anilines is 1. The van der Waals surface area contributed by atoms with E-state index in [4.69, 9.17) is 5.73 Å². The van der Waals surface area contributed by atoms with Crippen LogP contribution in [0, 0.1) is 6.92 Å². The second-order valence-corrected chi connectivity index (χ2v) is 7.24. The van der Waals surface area contributed by atoms with Gasteiger partial charge in [-0.3, -0.25) is 0 Å². The summed E-state index contributed by atoms with van der Waals surface area (Å²) in [6.45, 7) is 3.65. The first-order valence-corrected chi connectivity index (χ1v) is 7.94. The Bertz CT molecular complexity index is 455. The molecule has 0 spiro atoms. The van der Waals surface area contributed by atoms with Gasteiger partial charge < -0.3 is 5.73 Å². The van der Waals surface area contributed by atoms with Gasteiger partial charge in [-0.25, -0.2) is 8.42 Å². The molecular weight excluding hydrogens is 242 g/mol. The molecule has 0 amide bonds. The van der Waals surface area contributed by atoms with Crippen molar-refractivity contribution < 1.29 is 8.42 Å². The van der Waals surface area contributed by atoms with Crippen LogP contribution in [0.4, 0.5) is 5.69 Å². The van der Waals surface area contributed by atoms with Gasteiger partial charge in [-0.1, -0.05) is 13.0 Å². The highest BCUT2D eigenvalue weighted by Crippen LogP contribution is 2.25. The van der Waals surface area contributed by atoms with Crippen molar-refractivity contribution in [3.8, 4) is 0 Å². The zero-order valence-corrected chi connectivity index (χ0v) is 11.2. The van der Waals surface area contributed by atoms with Crippen LogP contribution in [-0.2, 0) is 9.84 Å². The number of aryl methyl sites for hydroxylation is 1. The Kier molecular flexibility index (Phi) is 4.68. The maximum absolute atomic E-state index is 11.3. The lowest BCUT2D eigenvalue weighted by molar-refractivity contribution is 0.599. The van der Waals surface area contributed by atoms with Gasteiger partial charge in [0.1, 0.15) is 0 Å². The SMILES string of the molecule is CCS(=O)(=O)CCSc1ccc(C)cc1N. The topological polar surface area (TPSA) is 60.2 Å². The number of hydrogen-bond acceptors (Lipinski definition) is 4. The number of rotatable bonds is 5. The third-order valence-corrected chi connectivity index (χ3v) is 5.31. The van der Waals surface area contributed by atoms with Crippen LogP contribution in [0.15, 0.2) is 23.1 Å². The van der Waals surface area contributed by atoms with E-state index in [0.717, 1.165) is 16.1 Å². The number of sulfone groups is 1. The molecule has 0 saturated heterocycles. The normalized spacial score (nSPS) is 11.6. The molecule has 1 aromatic rings. The second kappa shape index (κ2) is 5.59. The molecule has 90 valence electrons. The Hall–Kier alpha value is -0.680. The maximum Gasteiger partial charge on any atom is 0.150 e. The van der Waals surface area contributed by atoms with Gasteiger partial charge in [-0.2, -0.15) is 0 Å². The fourth-order valence-corrected chi connectivity index (χ4v) is 3.47. The molecule has 1 rings (SSSR count). The van der Waals surface area contributed by atoms with Crippen LogP contribution < -0.4 is 5.73 Å². The van der Waals surface area contributed by atoms with E-state index in [9.17, 15) is 8.42 Å². The molecule has 1 aromatic carbocycles. The van der Waals surface area contributed by atoms with Gasteiger partial charge in [-0.05, 0) is 24.6 Å². The number of benzene rings is 1. The molecule has 5 heteroatoms. The van der Waals surface area contributed by atoms with Crippen LogP contribution in [-0.4, -0.2) is 25.7 Å². The third-order valence-electron chi connectivity index (χ3n) is 2.26. The van der Waals surface area contributed by atoms with E-state index in [1.807, 2.05) is 25.1 Å². The highest BCUT2D eigenvalue weighted by Gasteiger charge is 2.08. The molecule has 0 saturated carbocycles. The van der Waals surface area contributed by atoms with Crippen molar-refractivity contribution in [3.05, 3.63) is 23.8 Å². The van der Waals surface area contributed by atoms with E-state index in [1.54, 1.807) is 6.92 Å². The molecule has 0 aliphatic carbocycles. The first-order chi connectivity index (χ1) is 7.44. The lowest BCUT2D eigenvalue weighted by Gasteiger charge is -2.06. The largest absolute Gasteiger partial charge is 0.398 e. The fraction of sp³-hybridized carbons (Fsp3) is 0.455. The molecule has 0 heterocycles. The van der Waals surface area contributed by atoms with E-state index in [1.165, 1.54) is 11.8 Å². The summed E-state index contributed by atoms with van der Waals surface area (Å²) in [5.74, 6) is 0.974. The van der Waals surface area contributed by atoms with Crippen LogP contribution in [0.5, 0.6) is 0 Å². The van der Waals surface area contributed by atoms with E-state index < -0.39 is 9.84 Å². The molecule has 0 aliphatic heterocycles. The van der Waals surface area contributed by atoms with E-state index in [2.05, 4.69) is 0 Å². The predicted molar refractivity (Wildman–Crippen MR) is 70.6 cm³/mol. The molecule has 3 nitrogen and oxygen atoms in total. The third kappa shape index (κ3) is 4.06. The number of thioether (sulfide) groups is 1. The average Bonchev–Trinajstić information content (AvgIpc) is 2.21. The van der Waals surface area contributed by atoms with Crippen LogP contribution in [0.2, 0.25) is 0 Å². The van der Waals surface area contributed by atoms with Crippen molar-refractivity contribution in [3.63, 3.8) is 0 Å². The van der Waals surface area contributed by atoms with Crippen molar-refractivity contribution in [2.75, 3.05) is 23.0 Å². The molecule has 2 N–H and O–H groups in total. The number of nitrogens with two attached hydrogens (primary N) is 1. The number of nitrogen functional groups attached to an aromatic ring is 1. The van der Waals surface area contributed by atoms with Gasteiger partial charge in [0.2, 0.25) is 0 Å². The summed E-state index contributed by atoms with van der Waals surface area (Å²) in [5.41, 5.74) is 7.67. The smallest absolute Gasteiger partial charge is 0.150 e. The van der Waals surface area contributed by atoms with Crippen LogP contribution in [0.3, 0.4) is 0 Å². The van der Waals surface area contributed by atoms with Crippen LogP contribution in [0.25, 0.3) is 0 Å². The molecule has 0 fully saturated rings.